The maximum Gasteiger partial charge on any atom is 0.182 e. The fraction of sp³-hybridized carbons (Fsp3) is 0.108. The molecule has 0 aliphatic heterocycles. The number of benzene rings is 11. The van der Waals surface area contributed by atoms with Crippen LogP contribution in [0.5, 0.6) is 40.2 Å². The van der Waals surface area contributed by atoms with Gasteiger partial charge in [0.2, 0.25) is 0 Å². The molecule has 0 fully saturated rings. The van der Waals surface area contributed by atoms with Crippen LogP contribution in [0.3, 0.4) is 0 Å². The van der Waals surface area contributed by atoms with Crippen LogP contribution in [-0.4, -0.2) is 67.3 Å². The molecule has 1 unspecified atom stereocenters. The van der Waals surface area contributed by atoms with Crippen molar-refractivity contribution in [3.05, 3.63) is 310 Å². The maximum absolute atomic E-state index is 14.5. The van der Waals surface area contributed by atoms with Crippen molar-refractivity contribution < 1.29 is 84.9 Å². The molecule has 0 aliphatic carbocycles. The number of hydrogen-bond donors (Lipinski definition) is 10. The van der Waals surface area contributed by atoms with E-state index in [-0.39, 0.29) is 84.4 Å². The molecule has 0 bridgehead atoms. The third kappa shape index (κ3) is 25.7. The van der Waals surface area contributed by atoms with Crippen molar-refractivity contribution in [1.82, 2.24) is 0 Å². The molecule has 99 heavy (non-hydrogen) atoms. The zero-order valence-electron chi connectivity index (χ0n) is 52.8. The van der Waals surface area contributed by atoms with Gasteiger partial charge in [-0.25, -0.2) is 34.4 Å². The minimum Gasteiger partial charge on any atom is -0.508 e. The lowest BCUT2D eigenvalue weighted by Gasteiger charge is -2.12. The lowest BCUT2D eigenvalue weighted by molar-refractivity contribution is -0.176. The van der Waals surface area contributed by atoms with E-state index in [2.05, 4.69) is 12.6 Å². The van der Waals surface area contributed by atoms with Crippen LogP contribution in [0.25, 0.3) is 0 Å². The van der Waals surface area contributed by atoms with Gasteiger partial charge in [-0.15, -0.1) is 47.9 Å². The van der Waals surface area contributed by atoms with Crippen LogP contribution in [0.15, 0.2) is 277 Å². The van der Waals surface area contributed by atoms with E-state index in [9.17, 15) is 69.2 Å². The van der Waals surface area contributed by atoms with E-state index in [1.807, 2.05) is 43.3 Å². The Bertz CT molecular complexity index is 4700. The summed E-state index contributed by atoms with van der Waals surface area (Å²) in [5, 5.41) is 78.0. The quantitative estimate of drug-likeness (QED) is 0.0126. The summed E-state index contributed by atoms with van der Waals surface area (Å²) in [6.45, 7) is 3.68. The number of aromatic hydroxyl groups is 7. The van der Waals surface area contributed by atoms with Crippen molar-refractivity contribution in [2.75, 3.05) is 0 Å². The summed E-state index contributed by atoms with van der Waals surface area (Å²) in [4.78, 5) is 3.58. The van der Waals surface area contributed by atoms with E-state index >= 15 is 0 Å². The number of phenols is 7. The van der Waals surface area contributed by atoms with Gasteiger partial charge >= 0.3 is 0 Å². The van der Waals surface area contributed by atoms with Crippen LogP contribution < -0.4 is 0 Å². The first-order chi connectivity index (χ1) is 47.2. The molecule has 0 aliphatic rings. The summed E-state index contributed by atoms with van der Waals surface area (Å²) in [5.74, 6) is -0.889. The molecule has 11 aromatic carbocycles. The number of sulfone groups is 2. The van der Waals surface area contributed by atoms with Gasteiger partial charge in [-0.1, -0.05) is 91.0 Å². The largest absolute Gasteiger partial charge is 0.508 e. The van der Waals surface area contributed by atoms with Gasteiger partial charge in [-0.2, -0.15) is 0 Å². The summed E-state index contributed by atoms with van der Waals surface area (Å²) >= 11 is 8.45. The number of phenolic OH excluding ortho intramolecular Hbond substituents is 7. The SMILES string of the molecule is Cc1cccc(F)c1C.O=S(=O)(Cc1cccc(F)c1CS(=O)(=O)c1cccc(O)c1)c1cccc(O)c1.O=S(Cc1cccc(F)c1CSc1cccc(O)c1)c1cccc(O)c1.OO.Oc1cccc(S)c1.Oc1cccc(SCc2cccc(F)c2CSc2cccc(O)c2)c1. The summed E-state index contributed by atoms with van der Waals surface area (Å²) in [6, 6.07) is 62.5. The molecule has 0 heterocycles. The third-order valence-electron chi connectivity index (χ3n) is 14.0. The zero-order valence-corrected chi connectivity index (χ0v) is 58.6. The first-order valence-corrected chi connectivity index (χ1v) is 37.4. The molecule has 11 aromatic rings. The minimum absolute atomic E-state index is 0.00271. The van der Waals surface area contributed by atoms with Gasteiger partial charge in [0, 0.05) is 58.4 Å². The van der Waals surface area contributed by atoms with Gasteiger partial charge in [0.25, 0.3) is 0 Å². The van der Waals surface area contributed by atoms with Gasteiger partial charge in [0.15, 0.2) is 19.7 Å². The maximum atomic E-state index is 14.5. The third-order valence-corrected chi connectivity index (χ3v) is 22.0. The Morgan fingerprint density at radius 1 is 0.374 bits per heavy atom. The molecule has 11 rings (SSSR count). The summed E-state index contributed by atoms with van der Waals surface area (Å²) < 4.78 is 119. The zero-order chi connectivity index (χ0) is 72.2. The van der Waals surface area contributed by atoms with E-state index in [1.54, 1.807) is 128 Å². The molecule has 1 atom stereocenters. The average molecular weight is 1480 g/mol. The summed E-state index contributed by atoms with van der Waals surface area (Å²) in [6.07, 6.45) is 0. The van der Waals surface area contributed by atoms with Crippen LogP contribution in [0.4, 0.5) is 17.6 Å². The van der Waals surface area contributed by atoms with Crippen molar-refractivity contribution in [1.29, 1.82) is 0 Å². The van der Waals surface area contributed by atoms with Crippen LogP contribution in [0.1, 0.15) is 44.5 Å². The second-order valence-corrected chi connectivity index (χ2v) is 30.3. The van der Waals surface area contributed by atoms with Crippen molar-refractivity contribution in [2.24, 2.45) is 0 Å². The van der Waals surface area contributed by atoms with Crippen molar-refractivity contribution in [3.63, 3.8) is 0 Å². The number of rotatable bonds is 18. The molecule has 0 amide bonds. The first kappa shape index (κ1) is 79.1. The van der Waals surface area contributed by atoms with E-state index in [4.69, 9.17) is 15.6 Å². The molecule has 9 N–H and O–H groups in total. The van der Waals surface area contributed by atoms with Crippen molar-refractivity contribution >= 4 is 78.4 Å². The molecule has 0 spiro atoms. The highest BCUT2D eigenvalue weighted by molar-refractivity contribution is 7.99. The van der Waals surface area contributed by atoms with E-state index in [0.29, 0.717) is 38.8 Å². The van der Waals surface area contributed by atoms with Crippen molar-refractivity contribution in [2.45, 2.75) is 82.6 Å². The second-order valence-electron chi connectivity index (χ2n) is 21.2. The van der Waals surface area contributed by atoms with E-state index in [0.717, 1.165) is 54.5 Å². The van der Waals surface area contributed by atoms with Gasteiger partial charge in [0.1, 0.15) is 63.5 Å². The average Bonchev–Trinajstić information content (AvgIpc) is 0.813. The number of thioether (sulfide) groups is 3. The fourth-order valence-electron chi connectivity index (χ4n) is 8.87. The highest BCUT2D eigenvalue weighted by Crippen LogP contribution is 2.34. The Kier molecular flexibility index (Phi) is 31.2. The summed E-state index contributed by atoms with van der Waals surface area (Å²) in [7, 11) is -9.40. The van der Waals surface area contributed by atoms with E-state index < -0.39 is 47.8 Å². The molecule has 0 saturated heterocycles. The van der Waals surface area contributed by atoms with Gasteiger partial charge in [-0.05, 0) is 193 Å². The van der Waals surface area contributed by atoms with Crippen molar-refractivity contribution in [3.8, 4) is 40.2 Å². The van der Waals surface area contributed by atoms with E-state index in [1.165, 1.54) is 102 Å². The Labute approximate surface area is 592 Å². The van der Waals surface area contributed by atoms with Gasteiger partial charge < -0.3 is 35.7 Å². The normalized spacial score (nSPS) is 11.1. The highest BCUT2D eigenvalue weighted by Gasteiger charge is 2.25. The number of aryl methyl sites for hydroxylation is 1. The van der Waals surface area contributed by atoms with Gasteiger partial charge in [0.05, 0.1) is 37.8 Å². The molecule has 25 heteroatoms. The minimum atomic E-state index is -4.04. The Morgan fingerprint density at radius 2 is 0.727 bits per heavy atom. The molecular formula is C74H68F4O14S7. The number of halogens is 4. The van der Waals surface area contributed by atoms with Gasteiger partial charge in [-0.3, -0.25) is 14.7 Å². The topological polar surface area (TPSA) is 267 Å². The lowest BCUT2D eigenvalue weighted by Crippen LogP contribution is -2.12. The molecular weight excluding hydrogens is 1410 g/mol. The molecule has 14 nitrogen and oxygen atoms in total. The smallest absolute Gasteiger partial charge is 0.182 e. The monoisotopic (exact) mass is 1480 g/mol. The highest BCUT2D eigenvalue weighted by atomic mass is 32.2. The fourth-order valence-corrected chi connectivity index (χ4v) is 16.2. The number of thiol groups is 1. The number of hydrogen-bond acceptors (Lipinski definition) is 18. The Morgan fingerprint density at radius 3 is 1.15 bits per heavy atom. The second kappa shape index (κ2) is 39.0. The standard InChI is InChI=1S/C20H17FO6S2.C20H17FO3S2.C20H17FO2S2.C8H9F.C6H6OS.H2O2/c21-20-9-1-4-14(12-28(24,25)17-7-2-5-15(22)10-17)19(20)13-29(26,27)18-8-3-6-16(23)11-18;21-20-9-1-4-14(13-26(24)18-8-3-6-16(23)11-18)19(20)12-25-17-7-2-5-15(22)10-17;21-20-9-1-4-14(12-24-17-7-2-5-15(22)10-17)19(20)13-25-18-8-3-6-16(23)11-18;1-6-4-3-5-8(9)7(6)2;7-5-2-1-3-6(8)4-5;1-2/h1-11,22-23H,12-13H2;1-11,22-23H,12-13H2;1-11,22-23H,12-13H2;3-5H,1-2H3;1-4,7-8H;1-2H. The lowest BCUT2D eigenvalue weighted by atomic mass is 10.1. The predicted octanol–water partition coefficient (Wildman–Crippen LogP) is 18.0. The molecule has 0 radical (unpaired) electrons. The molecule has 0 aromatic heterocycles. The van der Waals surface area contributed by atoms with Crippen LogP contribution >= 0.6 is 47.9 Å². The Hall–Kier alpha value is -8.89. The Balaban J connectivity index is 0.000000206. The van der Waals surface area contributed by atoms with Crippen LogP contribution in [0.2, 0.25) is 0 Å². The predicted molar refractivity (Wildman–Crippen MR) is 385 cm³/mol. The first-order valence-electron chi connectivity index (χ1n) is 29.4. The van der Waals surface area contributed by atoms with Crippen LogP contribution in [0, 0.1) is 37.1 Å². The molecule has 0 saturated carbocycles. The van der Waals surface area contributed by atoms with Crippen LogP contribution in [-0.2, 0) is 65.0 Å². The summed E-state index contributed by atoms with van der Waals surface area (Å²) in [5.41, 5.74) is 4.25. The molecule has 518 valence electrons.